The van der Waals surface area contributed by atoms with Crippen LogP contribution in [0.5, 0.6) is 0 Å². The van der Waals surface area contributed by atoms with Gasteiger partial charge >= 0.3 is 6.18 Å². The third-order valence-corrected chi connectivity index (χ3v) is 2.76. The van der Waals surface area contributed by atoms with Gasteiger partial charge in [-0.15, -0.1) is 0 Å². The van der Waals surface area contributed by atoms with Crippen LogP contribution in [0, 0.1) is 0 Å². The number of nitrogen functional groups attached to an aromatic ring is 1. The van der Waals surface area contributed by atoms with Crippen molar-refractivity contribution in [3.63, 3.8) is 0 Å². The highest BCUT2D eigenvalue weighted by Gasteiger charge is 2.33. The number of H-pyrrole nitrogens is 1. The van der Waals surface area contributed by atoms with Crippen molar-refractivity contribution in [2.75, 3.05) is 11.1 Å². The lowest BCUT2D eigenvalue weighted by molar-refractivity contribution is -0.136. The number of alkyl halides is 3. The van der Waals surface area contributed by atoms with Crippen molar-refractivity contribution < 1.29 is 13.2 Å². The summed E-state index contributed by atoms with van der Waals surface area (Å²) in [6.07, 6.45) is -1.17. The zero-order valence-corrected chi connectivity index (χ0v) is 10.1. The summed E-state index contributed by atoms with van der Waals surface area (Å²) < 4.78 is 38.2. The Morgan fingerprint density at radius 1 is 1.37 bits per heavy atom. The van der Waals surface area contributed by atoms with E-state index in [0.29, 0.717) is 5.69 Å². The minimum absolute atomic E-state index is 0.163. The summed E-state index contributed by atoms with van der Waals surface area (Å²) in [5, 5.41) is 9.41. The van der Waals surface area contributed by atoms with Crippen molar-refractivity contribution in [1.29, 1.82) is 0 Å². The zero-order chi connectivity index (χ0) is 14.0. The van der Waals surface area contributed by atoms with Crippen molar-refractivity contribution in [2.24, 2.45) is 0 Å². The van der Waals surface area contributed by atoms with Gasteiger partial charge in [-0.1, -0.05) is 0 Å². The van der Waals surface area contributed by atoms with Crippen LogP contribution >= 0.6 is 0 Å². The van der Waals surface area contributed by atoms with E-state index in [9.17, 15) is 13.2 Å². The molecule has 1 atom stereocenters. The molecule has 0 saturated heterocycles. The highest BCUT2D eigenvalue weighted by atomic mass is 19.4. The quantitative estimate of drug-likeness (QED) is 0.750. The minimum Gasteiger partial charge on any atom is -0.398 e. The van der Waals surface area contributed by atoms with Crippen molar-refractivity contribution in [3.8, 4) is 0 Å². The highest BCUT2D eigenvalue weighted by Crippen LogP contribution is 2.35. The van der Waals surface area contributed by atoms with Gasteiger partial charge in [0.25, 0.3) is 0 Å². The van der Waals surface area contributed by atoms with Gasteiger partial charge < -0.3 is 11.1 Å². The Morgan fingerprint density at radius 3 is 2.68 bits per heavy atom. The van der Waals surface area contributed by atoms with Gasteiger partial charge in [-0.05, 0) is 25.1 Å². The maximum atomic E-state index is 12.7. The van der Waals surface area contributed by atoms with Gasteiger partial charge in [0.2, 0.25) is 0 Å². The van der Waals surface area contributed by atoms with Gasteiger partial charge in [0.05, 0.1) is 17.8 Å². The Hall–Kier alpha value is -2.18. The second kappa shape index (κ2) is 4.83. The highest BCUT2D eigenvalue weighted by molar-refractivity contribution is 5.58. The SMILES string of the molecule is CC(Nc1ccc(N)c(C(F)(F)F)c1)c1cn[nH]c1. The van der Waals surface area contributed by atoms with Crippen LogP contribution in [0.3, 0.4) is 0 Å². The molecule has 2 rings (SSSR count). The average molecular weight is 270 g/mol. The van der Waals surface area contributed by atoms with Crippen LogP contribution in [-0.4, -0.2) is 10.2 Å². The summed E-state index contributed by atoms with van der Waals surface area (Å²) >= 11 is 0. The number of anilines is 2. The number of hydrogen-bond acceptors (Lipinski definition) is 3. The molecule has 4 nitrogen and oxygen atoms in total. The van der Waals surface area contributed by atoms with E-state index >= 15 is 0 Å². The number of aromatic nitrogens is 2. The lowest BCUT2D eigenvalue weighted by Gasteiger charge is -2.16. The van der Waals surface area contributed by atoms with E-state index in [0.717, 1.165) is 11.6 Å². The Kier molecular flexibility index (Phi) is 3.37. The molecule has 4 N–H and O–H groups in total. The summed E-state index contributed by atoms with van der Waals surface area (Å²) in [4.78, 5) is 0. The first-order chi connectivity index (χ1) is 8.88. The van der Waals surface area contributed by atoms with E-state index < -0.39 is 11.7 Å². The van der Waals surface area contributed by atoms with Gasteiger partial charge in [0.15, 0.2) is 0 Å². The molecule has 0 bridgehead atoms. The van der Waals surface area contributed by atoms with Crippen molar-refractivity contribution in [3.05, 3.63) is 41.7 Å². The first-order valence-electron chi connectivity index (χ1n) is 5.60. The number of halogens is 3. The fourth-order valence-electron chi connectivity index (χ4n) is 1.72. The monoisotopic (exact) mass is 270 g/mol. The van der Waals surface area contributed by atoms with E-state index in [1.54, 1.807) is 12.4 Å². The standard InChI is InChI=1S/C12H13F3N4/c1-7(8-5-17-18-6-8)19-9-2-3-11(16)10(4-9)12(13,14)15/h2-7,19H,16H2,1H3,(H,17,18). The molecule has 0 aliphatic rings. The molecule has 1 aromatic carbocycles. The Balaban J connectivity index is 2.22. The molecule has 102 valence electrons. The fourth-order valence-corrected chi connectivity index (χ4v) is 1.72. The third kappa shape index (κ3) is 2.98. The molecule has 0 amide bonds. The maximum Gasteiger partial charge on any atom is 0.418 e. The van der Waals surface area contributed by atoms with Crippen LogP contribution in [0.4, 0.5) is 24.5 Å². The van der Waals surface area contributed by atoms with E-state index in [1.807, 2.05) is 6.92 Å². The molecular weight excluding hydrogens is 257 g/mol. The first kappa shape index (κ1) is 13.3. The Labute approximate surface area is 107 Å². The summed E-state index contributed by atoms with van der Waals surface area (Å²) in [5.41, 5.74) is 5.43. The summed E-state index contributed by atoms with van der Waals surface area (Å²) in [7, 11) is 0. The zero-order valence-electron chi connectivity index (χ0n) is 10.1. The van der Waals surface area contributed by atoms with Gasteiger partial charge in [0.1, 0.15) is 0 Å². The second-order valence-corrected chi connectivity index (χ2v) is 4.20. The average Bonchev–Trinajstić information content (AvgIpc) is 2.83. The predicted molar refractivity (Wildman–Crippen MR) is 66.5 cm³/mol. The van der Waals surface area contributed by atoms with Crippen molar-refractivity contribution >= 4 is 11.4 Å². The summed E-state index contributed by atoms with van der Waals surface area (Å²) in [6.45, 7) is 1.83. The Morgan fingerprint density at radius 2 is 2.11 bits per heavy atom. The molecule has 0 aliphatic heterocycles. The first-order valence-corrected chi connectivity index (χ1v) is 5.60. The molecule has 1 heterocycles. The van der Waals surface area contributed by atoms with Gasteiger partial charge in [-0.25, -0.2) is 0 Å². The fraction of sp³-hybridized carbons (Fsp3) is 0.250. The summed E-state index contributed by atoms with van der Waals surface area (Å²) in [5.74, 6) is 0. The van der Waals surface area contributed by atoms with Crippen LogP contribution in [-0.2, 0) is 6.18 Å². The molecule has 1 aromatic heterocycles. The molecular formula is C12H13F3N4. The number of hydrogen-bond donors (Lipinski definition) is 3. The van der Waals surface area contributed by atoms with Gasteiger partial charge in [-0.3, -0.25) is 5.10 Å². The number of aromatic amines is 1. The van der Waals surface area contributed by atoms with Crippen molar-refractivity contribution in [2.45, 2.75) is 19.1 Å². The third-order valence-electron chi connectivity index (χ3n) is 2.76. The van der Waals surface area contributed by atoms with Gasteiger partial charge in [0, 0.05) is 23.1 Å². The van der Waals surface area contributed by atoms with Crippen LogP contribution in [0.2, 0.25) is 0 Å². The minimum atomic E-state index is -4.46. The molecule has 1 unspecified atom stereocenters. The molecule has 7 heteroatoms. The molecule has 0 radical (unpaired) electrons. The van der Waals surface area contributed by atoms with Crippen LogP contribution in [0.15, 0.2) is 30.6 Å². The lowest BCUT2D eigenvalue weighted by atomic mass is 10.1. The summed E-state index contributed by atoms with van der Waals surface area (Å²) in [6, 6.07) is 3.60. The van der Waals surface area contributed by atoms with Crippen LogP contribution in [0.1, 0.15) is 24.1 Å². The molecule has 19 heavy (non-hydrogen) atoms. The molecule has 2 aromatic rings. The van der Waals surface area contributed by atoms with Crippen molar-refractivity contribution in [1.82, 2.24) is 10.2 Å². The van der Waals surface area contributed by atoms with E-state index in [2.05, 4.69) is 15.5 Å². The predicted octanol–water partition coefficient (Wildman–Crippen LogP) is 3.18. The number of benzene rings is 1. The van der Waals surface area contributed by atoms with E-state index in [4.69, 9.17) is 5.73 Å². The van der Waals surface area contributed by atoms with Crippen LogP contribution in [0.25, 0.3) is 0 Å². The second-order valence-electron chi connectivity index (χ2n) is 4.20. The normalized spacial score (nSPS) is 13.3. The molecule has 0 aliphatic carbocycles. The number of nitrogens with two attached hydrogens (primary N) is 1. The van der Waals surface area contributed by atoms with Gasteiger partial charge in [-0.2, -0.15) is 18.3 Å². The number of nitrogens with zero attached hydrogens (tertiary/aromatic N) is 1. The molecule has 0 saturated carbocycles. The topological polar surface area (TPSA) is 66.7 Å². The Bertz CT molecular complexity index is 549. The number of nitrogens with one attached hydrogen (secondary N) is 2. The smallest absolute Gasteiger partial charge is 0.398 e. The molecule has 0 spiro atoms. The van der Waals surface area contributed by atoms with E-state index in [1.165, 1.54) is 12.1 Å². The molecule has 0 fully saturated rings. The number of rotatable bonds is 3. The van der Waals surface area contributed by atoms with Crippen LogP contribution < -0.4 is 11.1 Å². The van der Waals surface area contributed by atoms with E-state index in [-0.39, 0.29) is 11.7 Å². The maximum absolute atomic E-state index is 12.7. The lowest BCUT2D eigenvalue weighted by Crippen LogP contribution is -2.11. The largest absolute Gasteiger partial charge is 0.418 e.